The largest absolute Gasteiger partial charge is 0.380 e. The summed E-state index contributed by atoms with van der Waals surface area (Å²) in [5.41, 5.74) is 0.0695. The summed E-state index contributed by atoms with van der Waals surface area (Å²) in [4.78, 5) is 11.3. The molecule has 0 aromatic heterocycles. The molecule has 0 aliphatic rings. The van der Waals surface area contributed by atoms with E-state index in [0.29, 0.717) is 19.5 Å². The number of carbonyl (C=O) groups is 1. The van der Waals surface area contributed by atoms with Crippen LogP contribution in [0.15, 0.2) is 0 Å². The third-order valence-corrected chi connectivity index (χ3v) is 2.00. The Balaban J connectivity index is 3.50. The Morgan fingerprint density at radius 2 is 2.00 bits per heavy atom. The van der Waals surface area contributed by atoms with Crippen molar-refractivity contribution in [3.05, 3.63) is 0 Å². The van der Waals surface area contributed by atoms with Crippen LogP contribution in [0.25, 0.3) is 0 Å². The summed E-state index contributed by atoms with van der Waals surface area (Å²) in [5, 5.41) is 6.08. The summed E-state index contributed by atoms with van der Waals surface area (Å²) in [7, 11) is 1.64. The van der Waals surface area contributed by atoms with Crippen LogP contribution in [0.2, 0.25) is 0 Å². The van der Waals surface area contributed by atoms with Gasteiger partial charge in [0.15, 0.2) is 0 Å². The lowest BCUT2D eigenvalue weighted by Gasteiger charge is -2.20. The third kappa shape index (κ3) is 9.69. The van der Waals surface area contributed by atoms with E-state index < -0.39 is 0 Å². The summed E-state index contributed by atoms with van der Waals surface area (Å²) < 4.78 is 5.03. The van der Waals surface area contributed by atoms with E-state index >= 15 is 0 Å². The number of carbonyl (C=O) groups excluding carboxylic acids is 1. The summed E-state index contributed by atoms with van der Waals surface area (Å²) in [6.45, 7) is 9.45. The average Bonchev–Trinajstić information content (AvgIpc) is 2.12. The maximum Gasteiger partial charge on any atom is 0.221 e. The van der Waals surface area contributed by atoms with E-state index in [1.807, 2.05) is 6.92 Å². The van der Waals surface area contributed by atoms with Crippen LogP contribution in [-0.4, -0.2) is 37.7 Å². The second kappa shape index (κ2) is 6.80. The van der Waals surface area contributed by atoms with Gasteiger partial charge in [-0.2, -0.15) is 0 Å². The monoisotopic (exact) mass is 216 g/mol. The van der Waals surface area contributed by atoms with Crippen LogP contribution in [0.1, 0.15) is 34.1 Å². The molecular formula is C11H24N2O2. The molecule has 1 unspecified atom stereocenters. The minimum absolute atomic E-state index is 0.0654. The first-order valence-corrected chi connectivity index (χ1v) is 5.39. The predicted molar refractivity (Wildman–Crippen MR) is 61.9 cm³/mol. The van der Waals surface area contributed by atoms with Gasteiger partial charge in [0, 0.05) is 32.2 Å². The Morgan fingerprint density at radius 1 is 1.40 bits per heavy atom. The molecule has 90 valence electrons. The van der Waals surface area contributed by atoms with Gasteiger partial charge >= 0.3 is 0 Å². The van der Waals surface area contributed by atoms with E-state index in [0.717, 1.165) is 0 Å². The zero-order chi connectivity index (χ0) is 11.9. The van der Waals surface area contributed by atoms with Crippen molar-refractivity contribution in [1.29, 1.82) is 0 Å². The molecule has 0 saturated carbocycles. The van der Waals surface area contributed by atoms with Gasteiger partial charge in [-0.05, 0) is 27.7 Å². The van der Waals surface area contributed by atoms with Crippen molar-refractivity contribution in [2.75, 3.05) is 20.2 Å². The van der Waals surface area contributed by atoms with E-state index in [-0.39, 0.29) is 17.6 Å². The molecule has 0 heterocycles. The molecule has 0 fully saturated rings. The maximum atomic E-state index is 11.3. The smallest absolute Gasteiger partial charge is 0.221 e. The number of hydrogen-bond acceptors (Lipinski definition) is 3. The van der Waals surface area contributed by atoms with E-state index in [9.17, 15) is 4.79 Å². The molecule has 0 saturated heterocycles. The average molecular weight is 216 g/mol. The molecule has 0 bridgehead atoms. The van der Waals surface area contributed by atoms with Gasteiger partial charge in [-0.3, -0.25) is 4.79 Å². The van der Waals surface area contributed by atoms with Gasteiger partial charge in [-0.15, -0.1) is 0 Å². The van der Waals surface area contributed by atoms with Gasteiger partial charge in [-0.25, -0.2) is 0 Å². The van der Waals surface area contributed by atoms with Gasteiger partial charge in [0.1, 0.15) is 0 Å². The van der Waals surface area contributed by atoms with Crippen molar-refractivity contribution in [1.82, 2.24) is 10.6 Å². The number of ether oxygens (including phenoxy) is 1. The fourth-order valence-corrected chi connectivity index (χ4v) is 0.980. The number of hydrogen-bond donors (Lipinski definition) is 2. The topological polar surface area (TPSA) is 50.4 Å². The SMILES string of the molecule is COC(C)CNC(=O)CCNC(C)(C)C. The Kier molecular flexibility index (Phi) is 6.52. The molecule has 1 atom stereocenters. The van der Waals surface area contributed by atoms with Crippen LogP contribution in [0.4, 0.5) is 0 Å². The van der Waals surface area contributed by atoms with E-state index in [1.54, 1.807) is 7.11 Å². The Hall–Kier alpha value is -0.610. The van der Waals surface area contributed by atoms with Gasteiger partial charge in [0.05, 0.1) is 6.10 Å². The van der Waals surface area contributed by atoms with Gasteiger partial charge in [0.25, 0.3) is 0 Å². The van der Waals surface area contributed by atoms with Gasteiger partial charge in [-0.1, -0.05) is 0 Å². The number of rotatable bonds is 6. The minimum Gasteiger partial charge on any atom is -0.380 e. The quantitative estimate of drug-likeness (QED) is 0.694. The molecule has 1 amide bonds. The molecular weight excluding hydrogens is 192 g/mol. The first-order valence-electron chi connectivity index (χ1n) is 5.39. The number of methoxy groups -OCH3 is 1. The van der Waals surface area contributed by atoms with Crippen LogP contribution < -0.4 is 10.6 Å². The van der Waals surface area contributed by atoms with Crippen molar-refractivity contribution in [2.24, 2.45) is 0 Å². The lowest BCUT2D eigenvalue weighted by Crippen LogP contribution is -2.39. The molecule has 0 aromatic rings. The second-order valence-electron chi connectivity index (χ2n) is 4.78. The molecule has 0 radical (unpaired) electrons. The highest BCUT2D eigenvalue weighted by molar-refractivity contribution is 5.76. The van der Waals surface area contributed by atoms with Crippen LogP contribution in [0.3, 0.4) is 0 Å². The molecule has 15 heavy (non-hydrogen) atoms. The first-order chi connectivity index (χ1) is 6.85. The molecule has 0 aliphatic heterocycles. The van der Waals surface area contributed by atoms with Crippen molar-refractivity contribution in [3.8, 4) is 0 Å². The highest BCUT2D eigenvalue weighted by Gasteiger charge is 2.09. The first kappa shape index (κ1) is 14.4. The van der Waals surface area contributed by atoms with E-state index in [1.165, 1.54) is 0 Å². The predicted octanol–water partition coefficient (Wildman–Crippen LogP) is 0.916. The molecule has 0 rings (SSSR count). The van der Waals surface area contributed by atoms with Crippen LogP contribution in [0.5, 0.6) is 0 Å². The normalized spacial score (nSPS) is 13.7. The Bertz CT molecular complexity index is 188. The lowest BCUT2D eigenvalue weighted by molar-refractivity contribution is -0.121. The highest BCUT2D eigenvalue weighted by Crippen LogP contribution is 1.97. The number of nitrogens with one attached hydrogen (secondary N) is 2. The summed E-state index contributed by atoms with van der Waals surface area (Å²) in [6.07, 6.45) is 0.581. The summed E-state index contributed by atoms with van der Waals surface area (Å²) >= 11 is 0. The lowest BCUT2D eigenvalue weighted by atomic mass is 10.1. The zero-order valence-electron chi connectivity index (χ0n) is 10.5. The highest BCUT2D eigenvalue weighted by atomic mass is 16.5. The van der Waals surface area contributed by atoms with E-state index in [2.05, 4.69) is 31.4 Å². The fraction of sp³-hybridized carbons (Fsp3) is 0.909. The van der Waals surface area contributed by atoms with Crippen LogP contribution in [-0.2, 0) is 9.53 Å². The summed E-state index contributed by atoms with van der Waals surface area (Å²) in [6, 6.07) is 0. The number of amides is 1. The maximum absolute atomic E-state index is 11.3. The second-order valence-corrected chi connectivity index (χ2v) is 4.78. The molecule has 0 aliphatic carbocycles. The molecule has 0 aromatic carbocycles. The van der Waals surface area contributed by atoms with Crippen molar-refractivity contribution in [3.63, 3.8) is 0 Å². The van der Waals surface area contributed by atoms with Gasteiger partial charge < -0.3 is 15.4 Å². The van der Waals surface area contributed by atoms with Crippen molar-refractivity contribution >= 4 is 5.91 Å². The third-order valence-electron chi connectivity index (χ3n) is 2.00. The summed E-state index contributed by atoms with van der Waals surface area (Å²) in [5.74, 6) is 0.0654. The molecule has 0 spiro atoms. The fourth-order valence-electron chi connectivity index (χ4n) is 0.980. The molecule has 4 nitrogen and oxygen atoms in total. The zero-order valence-corrected chi connectivity index (χ0v) is 10.5. The van der Waals surface area contributed by atoms with Crippen LogP contribution >= 0.6 is 0 Å². The van der Waals surface area contributed by atoms with Crippen molar-refractivity contribution < 1.29 is 9.53 Å². The standard InChI is InChI=1S/C11H24N2O2/c1-9(15-5)8-12-10(14)6-7-13-11(2,3)4/h9,13H,6-8H2,1-5H3,(H,12,14). The van der Waals surface area contributed by atoms with Crippen molar-refractivity contribution in [2.45, 2.75) is 45.8 Å². The van der Waals surface area contributed by atoms with Gasteiger partial charge in [0.2, 0.25) is 5.91 Å². The van der Waals surface area contributed by atoms with Crippen LogP contribution in [0, 0.1) is 0 Å². The molecule has 2 N–H and O–H groups in total. The minimum atomic E-state index is 0.0654. The van der Waals surface area contributed by atoms with E-state index in [4.69, 9.17) is 4.74 Å². The Labute approximate surface area is 92.8 Å². The Morgan fingerprint density at radius 3 is 2.47 bits per heavy atom. The molecule has 4 heteroatoms.